The van der Waals surface area contributed by atoms with Crippen molar-refractivity contribution in [1.29, 1.82) is 0 Å². The molecule has 1 aromatic heterocycles. The molecule has 0 fully saturated rings. The minimum atomic E-state index is -4.28. The fraction of sp³-hybridized carbons (Fsp3) is 0.667. The van der Waals surface area contributed by atoms with Crippen LogP contribution in [-0.4, -0.2) is 61.3 Å². The first-order chi connectivity index (χ1) is 9.93. The Kier molecular flexibility index (Phi) is 7.86. The third-order valence-corrected chi connectivity index (χ3v) is 3.77. The van der Waals surface area contributed by atoms with Crippen LogP contribution in [0.3, 0.4) is 0 Å². The van der Waals surface area contributed by atoms with Gasteiger partial charge in [-0.05, 0) is 12.1 Å². The maximum absolute atomic E-state index is 10.9. The van der Waals surface area contributed by atoms with Crippen molar-refractivity contribution >= 4 is 10.3 Å². The summed E-state index contributed by atoms with van der Waals surface area (Å²) in [5, 5.41) is 12.7. The van der Waals surface area contributed by atoms with Gasteiger partial charge in [-0.25, -0.2) is 0 Å². The lowest BCUT2D eigenvalue weighted by Gasteiger charge is -2.20. The van der Waals surface area contributed by atoms with Crippen molar-refractivity contribution in [2.45, 2.75) is 19.6 Å². The van der Waals surface area contributed by atoms with E-state index in [0.717, 1.165) is 10.1 Å². The molecule has 9 heteroatoms. The monoisotopic (exact) mass is 322 g/mol. The van der Waals surface area contributed by atoms with E-state index in [1.807, 2.05) is 6.07 Å². The molecule has 1 atom stereocenters. The van der Waals surface area contributed by atoms with Crippen molar-refractivity contribution in [3.63, 3.8) is 0 Å². The molecule has 0 saturated carbocycles. The van der Waals surface area contributed by atoms with Gasteiger partial charge >= 0.3 is 10.3 Å². The molecule has 8 nitrogen and oxygen atoms in total. The minimum Gasteiger partial charge on any atom is -0.468 e. The predicted octanol–water partition coefficient (Wildman–Crippen LogP) is -0.129. The van der Waals surface area contributed by atoms with Crippen LogP contribution in [0.5, 0.6) is 0 Å². The number of hydrogen-bond donors (Lipinski definition) is 3. The zero-order valence-electron chi connectivity index (χ0n) is 11.9. The van der Waals surface area contributed by atoms with Gasteiger partial charge in [0.25, 0.3) is 0 Å². The summed E-state index contributed by atoms with van der Waals surface area (Å²) < 4.78 is 41.9. The number of hydrogen-bond acceptors (Lipinski definition) is 6. The predicted molar refractivity (Wildman–Crippen MR) is 76.0 cm³/mol. The quantitative estimate of drug-likeness (QED) is 0.384. The number of furan rings is 1. The average molecular weight is 322 g/mol. The number of likely N-dealkylation sites (N-methyl/N-ethyl adjacent to an activating group) is 1. The van der Waals surface area contributed by atoms with E-state index in [9.17, 15) is 13.5 Å². The van der Waals surface area contributed by atoms with Gasteiger partial charge in [0.2, 0.25) is 0 Å². The maximum Gasteiger partial charge on any atom is 0.335 e. The molecule has 0 amide bonds. The number of aliphatic hydroxyl groups excluding tert-OH is 1. The van der Waals surface area contributed by atoms with Crippen LogP contribution in [0.1, 0.15) is 12.7 Å². The van der Waals surface area contributed by atoms with Crippen LogP contribution >= 0.6 is 0 Å². The van der Waals surface area contributed by atoms with E-state index in [1.54, 1.807) is 19.3 Å². The summed E-state index contributed by atoms with van der Waals surface area (Å²) in [6, 6.07) is 3.66. The summed E-state index contributed by atoms with van der Waals surface area (Å²) in [4.78, 5) is 0. The molecule has 122 valence electrons. The smallest absolute Gasteiger partial charge is 0.335 e. The SMILES string of the molecule is CCN(C[C@@H](O)COCCNCc1ccco1)S(=O)(=O)O. The normalized spacial score (nSPS) is 13.7. The largest absolute Gasteiger partial charge is 0.468 e. The van der Waals surface area contributed by atoms with Crippen molar-refractivity contribution in [2.24, 2.45) is 0 Å². The number of ether oxygens (including phenoxy) is 1. The summed E-state index contributed by atoms with van der Waals surface area (Å²) in [5.41, 5.74) is 0. The van der Waals surface area contributed by atoms with Gasteiger partial charge in [0, 0.05) is 19.6 Å². The standard InChI is InChI=1S/C12H22N2O6S/c1-2-14(21(16,17)18)9-11(15)10-19-7-5-13-8-12-4-3-6-20-12/h3-4,6,11,13,15H,2,5,7-10H2,1H3,(H,16,17,18)/t11-/m1/s1. The van der Waals surface area contributed by atoms with Crippen LogP contribution in [-0.2, 0) is 21.6 Å². The van der Waals surface area contributed by atoms with Crippen molar-refractivity contribution in [3.8, 4) is 0 Å². The first-order valence-electron chi connectivity index (χ1n) is 6.65. The Morgan fingerprint density at radius 3 is 2.86 bits per heavy atom. The second-order valence-corrected chi connectivity index (χ2v) is 5.83. The second-order valence-electron chi connectivity index (χ2n) is 4.41. The molecule has 0 radical (unpaired) electrons. The summed E-state index contributed by atoms with van der Waals surface area (Å²) in [7, 11) is -4.28. The van der Waals surface area contributed by atoms with Crippen LogP contribution in [0.2, 0.25) is 0 Å². The molecule has 0 aliphatic carbocycles. The van der Waals surface area contributed by atoms with Crippen molar-refractivity contribution in [2.75, 3.05) is 32.8 Å². The van der Waals surface area contributed by atoms with E-state index in [2.05, 4.69) is 5.32 Å². The van der Waals surface area contributed by atoms with Gasteiger partial charge in [-0.2, -0.15) is 12.7 Å². The maximum atomic E-state index is 10.9. The van der Waals surface area contributed by atoms with Crippen LogP contribution in [0.25, 0.3) is 0 Å². The Balaban J connectivity index is 2.09. The molecule has 3 N–H and O–H groups in total. The molecule has 1 rings (SSSR count). The highest BCUT2D eigenvalue weighted by atomic mass is 32.2. The molecule has 1 aromatic rings. The summed E-state index contributed by atoms with van der Waals surface area (Å²) >= 11 is 0. The Bertz CT molecular complexity index is 476. The Morgan fingerprint density at radius 1 is 1.52 bits per heavy atom. The Hall–Kier alpha value is -0.970. The van der Waals surface area contributed by atoms with Gasteiger partial charge in [0.05, 0.1) is 32.1 Å². The Labute approximate surface area is 124 Å². The molecule has 0 saturated heterocycles. The third-order valence-electron chi connectivity index (χ3n) is 2.71. The average Bonchev–Trinajstić information content (AvgIpc) is 2.91. The topological polar surface area (TPSA) is 112 Å². The number of rotatable bonds is 11. The van der Waals surface area contributed by atoms with Gasteiger partial charge in [0.15, 0.2) is 0 Å². The first-order valence-corrected chi connectivity index (χ1v) is 8.04. The molecular formula is C12H22N2O6S. The van der Waals surface area contributed by atoms with Crippen molar-refractivity contribution in [3.05, 3.63) is 24.2 Å². The highest BCUT2D eigenvalue weighted by Gasteiger charge is 2.20. The molecular weight excluding hydrogens is 300 g/mol. The van der Waals surface area contributed by atoms with Gasteiger partial charge in [-0.1, -0.05) is 6.92 Å². The zero-order valence-corrected chi connectivity index (χ0v) is 12.8. The highest BCUT2D eigenvalue weighted by molar-refractivity contribution is 7.83. The molecule has 0 aromatic carbocycles. The summed E-state index contributed by atoms with van der Waals surface area (Å²) in [5.74, 6) is 0.821. The van der Waals surface area contributed by atoms with E-state index in [-0.39, 0.29) is 19.7 Å². The van der Waals surface area contributed by atoms with E-state index < -0.39 is 16.4 Å². The highest BCUT2D eigenvalue weighted by Crippen LogP contribution is 2.00. The van der Waals surface area contributed by atoms with Crippen LogP contribution in [0.15, 0.2) is 22.8 Å². The van der Waals surface area contributed by atoms with E-state index in [1.165, 1.54) is 0 Å². The van der Waals surface area contributed by atoms with Gasteiger partial charge in [-0.15, -0.1) is 0 Å². The lowest BCUT2D eigenvalue weighted by atomic mass is 10.4. The molecule has 0 spiro atoms. The molecule has 21 heavy (non-hydrogen) atoms. The number of aliphatic hydroxyl groups is 1. The summed E-state index contributed by atoms with van der Waals surface area (Å²) in [6.45, 7) is 2.98. The molecule has 0 bridgehead atoms. The zero-order chi connectivity index (χ0) is 15.7. The van der Waals surface area contributed by atoms with E-state index in [0.29, 0.717) is 19.7 Å². The minimum absolute atomic E-state index is 0.00550. The van der Waals surface area contributed by atoms with E-state index in [4.69, 9.17) is 13.7 Å². The first kappa shape index (κ1) is 18.1. The van der Waals surface area contributed by atoms with Gasteiger partial charge < -0.3 is 19.6 Å². The van der Waals surface area contributed by atoms with Crippen LogP contribution in [0.4, 0.5) is 0 Å². The summed E-state index contributed by atoms with van der Waals surface area (Å²) in [6.07, 6.45) is 0.607. The second kappa shape index (κ2) is 9.13. The lowest BCUT2D eigenvalue weighted by molar-refractivity contribution is 0.0284. The number of nitrogens with one attached hydrogen (secondary N) is 1. The molecule has 0 unspecified atom stereocenters. The Morgan fingerprint density at radius 2 is 2.29 bits per heavy atom. The van der Waals surface area contributed by atoms with Gasteiger partial charge in [0.1, 0.15) is 5.76 Å². The molecule has 0 aliphatic heterocycles. The fourth-order valence-corrected chi connectivity index (χ4v) is 2.35. The van der Waals surface area contributed by atoms with Crippen molar-refractivity contribution in [1.82, 2.24) is 9.62 Å². The van der Waals surface area contributed by atoms with Crippen LogP contribution in [0, 0.1) is 0 Å². The van der Waals surface area contributed by atoms with Crippen molar-refractivity contribution < 1.29 is 27.2 Å². The fourth-order valence-electron chi connectivity index (χ4n) is 1.66. The molecule has 0 aliphatic rings. The third kappa shape index (κ3) is 7.55. The lowest BCUT2D eigenvalue weighted by Crippen LogP contribution is -2.39. The van der Waals surface area contributed by atoms with Gasteiger partial charge in [-0.3, -0.25) is 4.55 Å². The molecule has 1 heterocycles. The van der Waals surface area contributed by atoms with Crippen LogP contribution < -0.4 is 5.32 Å². The number of nitrogens with zero attached hydrogens (tertiary/aromatic N) is 1. The van der Waals surface area contributed by atoms with E-state index >= 15 is 0 Å².